The maximum atomic E-state index is 12.7. The molecule has 0 radical (unpaired) electrons. The fourth-order valence-corrected chi connectivity index (χ4v) is 3.74. The number of aromatic nitrogens is 2. The van der Waals surface area contributed by atoms with Gasteiger partial charge in [0.2, 0.25) is 5.91 Å². The van der Waals surface area contributed by atoms with E-state index in [-0.39, 0.29) is 11.8 Å². The molecule has 28 heavy (non-hydrogen) atoms. The van der Waals surface area contributed by atoms with Crippen LogP contribution in [0.15, 0.2) is 54.6 Å². The number of nitrogens with zero attached hydrogens (tertiary/aromatic N) is 2. The maximum absolute atomic E-state index is 12.7. The maximum Gasteiger partial charge on any atom is 0.228 e. The van der Waals surface area contributed by atoms with E-state index in [1.54, 1.807) is 7.11 Å². The molecule has 1 saturated carbocycles. The highest BCUT2D eigenvalue weighted by Crippen LogP contribution is 2.48. The first kappa shape index (κ1) is 18.3. The molecule has 5 heteroatoms. The van der Waals surface area contributed by atoms with Crippen LogP contribution in [-0.4, -0.2) is 22.8 Å². The fraction of sp³-hybridized carbons (Fsp3) is 0.304. The quantitative estimate of drug-likeness (QED) is 0.699. The molecule has 1 amide bonds. The van der Waals surface area contributed by atoms with E-state index in [0.717, 1.165) is 34.8 Å². The van der Waals surface area contributed by atoms with Crippen LogP contribution >= 0.6 is 0 Å². The number of amides is 1. The number of hydrogen-bond donors (Lipinski definition) is 1. The van der Waals surface area contributed by atoms with Gasteiger partial charge in [-0.25, -0.2) is 0 Å². The van der Waals surface area contributed by atoms with Crippen molar-refractivity contribution in [2.45, 2.75) is 32.7 Å². The average molecular weight is 375 g/mol. The van der Waals surface area contributed by atoms with Crippen LogP contribution < -0.4 is 10.1 Å². The van der Waals surface area contributed by atoms with Crippen molar-refractivity contribution in [2.24, 2.45) is 5.92 Å². The van der Waals surface area contributed by atoms with Crippen LogP contribution in [0, 0.1) is 19.8 Å². The summed E-state index contributed by atoms with van der Waals surface area (Å²) in [6, 6.07) is 18.2. The first-order valence-corrected chi connectivity index (χ1v) is 9.59. The molecular weight excluding hydrogens is 350 g/mol. The van der Waals surface area contributed by atoms with Crippen molar-refractivity contribution in [1.29, 1.82) is 0 Å². The lowest BCUT2D eigenvalue weighted by atomic mass is 10.1. The minimum Gasteiger partial charge on any atom is -0.497 e. The van der Waals surface area contributed by atoms with Gasteiger partial charge in [-0.15, -0.1) is 0 Å². The fourth-order valence-electron chi connectivity index (χ4n) is 3.74. The van der Waals surface area contributed by atoms with Crippen LogP contribution in [-0.2, 0) is 11.3 Å². The average Bonchev–Trinajstić information content (AvgIpc) is 3.48. The Morgan fingerprint density at radius 1 is 1.18 bits per heavy atom. The zero-order valence-electron chi connectivity index (χ0n) is 16.5. The number of ether oxygens (including phenoxy) is 1. The van der Waals surface area contributed by atoms with E-state index in [1.165, 1.54) is 5.56 Å². The smallest absolute Gasteiger partial charge is 0.228 e. The number of benzene rings is 2. The molecule has 0 aliphatic heterocycles. The Kier molecular flexibility index (Phi) is 4.90. The van der Waals surface area contributed by atoms with Gasteiger partial charge in [0.05, 0.1) is 30.7 Å². The van der Waals surface area contributed by atoms with Gasteiger partial charge in [-0.05, 0) is 49.4 Å². The van der Waals surface area contributed by atoms with Gasteiger partial charge < -0.3 is 10.1 Å². The normalized spacial score (nSPS) is 18.0. The SMILES string of the molecule is COc1cccc(Cn2nc(C)c(NC(=O)C3CC3c3ccccc3)c2C)c1. The van der Waals surface area contributed by atoms with Crippen LogP contribution in [0.5, 0.6) is 5.75 Å². The van der Waals surface area contributed by atoms with Crippen LogP contribution in [0.1, 0.15) is 34.9 Å². The van der Waals surface area contributed by atoms with Crippen LogP contribution in [0.2, 0.25) is 0 Å². The first-order valence-electron chi connectivity index (χ1n) is 9.59. The highest BCUT2D eigenvalue weighted by atomic mass is 16.5. The first-order chi connectivity index (χ1) is 13.6. The summed E-state index contributed by atoms with van der Waals surface area (Å²) in [4.78, 5) is 12.7. The molecule has 1 aliphatic rings. The van der Waals surface area contributed by atoms with Crippen LogP contribution in [0.25, 0.3) is 0 Å². The van der Waals surface area contributed by atoms with E-state index < -0.39 is 0 Å². The Labute approximate surface area is 165 Å². The number of aryl methyl sites for hydroxylation is 1. The Morgan fingerprint density at radius 3 is 2.71 bits per heavy atom. The molecule has 1 N–H and O–H groups in total. The van der Waals surface area contributed by atoms with Crippen LogP contribution in [0.3, 0.4) is 0 Å². The molecule has 0 bridgehead atoms. The van der Waals surface area contributed by atoms with E-state index in [9.17, 15) is 4.79 Å². The summed E-state index contributed by atoms with van der Waals surface area (Å²) in [6.07, 6.45) is 0.909. The van der Waals surface area contributed by atoms with Crippen molar-refractivity contribution in [1.82, 2.24) is 9.78 Å². The third-order valence-electron chi connectivity index (χ3n) is 5.45. The molecule has 2 unspecified atom stereocenters. The van der Waals surface area contributed by atoms with Gasteiger partial charge in [-0.1, -0.05) is 42.5 Å². The lowest BCUT2D eigenvalue weighted by molar-refractivity contribution is -0.117. The molecule has 1 aliphatic carbocycles. The molecular formula is C23H25N3O2. The summed E-state index contributed by atoms with van der Waals surface area (Å²) in [5.41, 5.74) is 4.97. The number of carbonyl (C=O) groups excluding carboxylic acids is 1. The molecule has 5 nitrogen and oxygen atoms in total. The largest absolute Gasteiger partial charge is 0.497 e. The molecule has 1 fully saturated rings. The summed E-state index contributed by atoms with van der Waals surface area (Å²) in [7, 11) is 1.66. The Hall–Kier alpha value is -3.08. The van der Waals surface area contributed by atoms with Crippen molar-refractivity contribution in [3.63, 3.8) is 0 Å². The second kappa shape index (κ2) is 7.50. The minimum absolute atomic E-state index is 0.0444. The third-order valence-corrected chi connectivity index (χ3v) is 5.45. The predicted molar refractivity (Wildman–Crippen MR) is 110 cm³/mol. The summed E-state index contributed by atoms with van der Waals surface area (Å²) in [5.74, 6) is 1.28. The lowest BCUT2D eigenvalue weighted by Gasteiger charge is -2.08. The summed E-state index contributed by atoms with van der Waals surface area (Å²) in [6.45, 7) is 4.57. The zero-order valence-corrected chi connectivity index (χ0v) is 16.5. The van der Waals surface area contributed by atoms with Gasteiger partial charge >= 0.3 is 0 Å². The summed E-state index contributed by atoms with van der Waals surface area (Å²) < 4.78 is 7.23. The third kappa shape index (κ3) is 3.65. The van der Waals surface area contributed by atoms with Gasteiger partial charge in [0.15, 0.2) is 0 Å². The van der Waals surface area contributed by atoms with Crippen molar-refractivity contribution in [2.75, 3.05) is 12.4 Å². The van der Waals surface area contributed by atoms with E-state index in [0.29, 0.717) is 12.5 Å². The molecule has 3 aromatic rings. The minimum atomic E-state index is 0.0444. The molecule has 1 aromatic heterocycles. The van der Waals surface area contributed by atoms with Crippen LogP contribution in [0.4, 0.5) is 5.69 Å². The standard InChI is InChI=1S/C23H25N3O2/c1-15-22(24-23(27)21-13-20(21)18-9-5-4-6-10-18)16(2)26(25-15)14-17-8-7-11-19(12-17)28-3/h4-12,20-21H,13-14H2,1-3H3,(H,24,27). The topological polar surface area (TPSA) is 56.1 Å². The second-order valence-electron chi connectivity index (χ2n) is 7.40. The molecule has 2 atom stereocenters. The van der Waals surface area contributed by atoms with E-state index in [2.05, 4.69) is 22.5 Å². The van der Waals surface area contributed by atoms with Gasteiger partial charge in [-0.3, -0.25) is 9.48 Å². The summed E-state index contributed by atoms with van der Waals surface area (Å²) >= 11 is 0. The van der Waals surface area contributed by atoms with Gasteiger partial charge in [0.1, 0.15) is 5.75 Å². The van der Waals surface area contributed by atoms with Gasteiger partial charge in [0.25, 0.3) is 0 Å². The van der Waals surface area contributed by atoms with Gasteiger partial charge in [0, 0.05) is 5.92 Å². The Bertz CT molecular complexity index is 994. The van der Waals surface area contributed by atoms with Crippen molar-refractivity contribution in [3.05, 3.63) is 77.1 Å². The zero-order chi connectivity index (χ0) is 19.7. The Balaban J connectivity index is 1.46. The monoisotopic (exact) mass is 375 g/mol. The number of nitrogens with one attached hydrogen (secondary N) is 1. The second-order valence-corrected chi connectivity index (χ2v) is 7.40. The van der Waals surface area contributed by atoms with E-state index >= 15 is 0 Å². The summed E-state index contributed by atoms with van der Waals surface area (Å²) in [5, 5.41) is 7.75. The van der Waals surface area contributed by atoms with E-state index in [1.807, 2.05) is 61.0 Å². The van der Waals surface area contributed by atoms with Crippen molar-refractivity contribution >= 4 is 11.6 Å². The number of rotatable bonds is 6. The molecule has 0 spiro atoms. The molecule has 4 rings (SSSR count). The molecule has 1 heterocycles. The van der Waals surface area contributed by atoms with E-state index in [4.69, 9.17) is 4.74 Å². The number of anilines is 1. The van der Waals surface area contributed by atoms with Crippen molar-refractivity contribution in [3.8, 4) is 5.75 Å². The Morgan fingerprint density at radius 2 is 1.96 bits per heavy atom. The highest BCUT2D eigenvalue weighted by molar-refractivity contribution is 5.96. The number of methoxy groups -OCH3 is 1. The van der Waals surface area contributed by atoms with Gasteiger partial charge in [-0.2, -0.15) is 5.10 Å². The lowest BCUT2D eigenvalue weighted by Crippen LogP contribution is -2.16. The highest BCUT2D eigenvalue weighted by Gasteiger charge is 2.44. The molecule has 0 saturated heterocycles. The number of carbonyl (C=O) groups is 1. The predicted octanol–water partition coefficient (Wildman–Crippen LogP) is 4.30. The number of hydrogen-bond acceptors (Lipinski definition) is 3. The van der Waals surface area contributed by atoms with Crippen molar-refractivity contribution < 1.29 is 9.53 Å². The molecule has 2 aromatic carbocycles. The molecule has 144 valence electrons.